The van der Waals surface area contributed by atoms with Gasteiger partial charge in [-0.25, -0.2) is 0 Å². The highest BCUT2D eigenvalue weighted by atomic mass is 16.7. The van der Waals surface area contributed by atoms with Crippen molar-refractivity contribution in [2.24, 2.45) is 0 Å². The molecule has 2 N–H and O–H groups in total. The summed E-state index contributed by atoms with van der Waals surface area (Å²) in [5.74, 6) is -2.86. The number of carbonyl (C=O) groups is 2. The van der Waals surface area contributed by atoms with Crippen LogP contribution in [0.5, 0.6) is 5.75 Å². The number of likely N-dealkylation sites (N-methyl/N-ethyl adjacent to an activating group) is 1. The standard InChI is InChI=1S/C12H12N2O7/c1-13(5-7(15)16)11(18)8-9(17)10-6(3-4-21-10)14(20-2)12(8)19/h3-4,17H,5H2,1-2H3,(H,15,16). The lowest BCUT2D eigenvalue weighted by atomic mass is 10.2. The van der Waals surface area contributed by atoms with Crippen LogP contribution in [0.2, 0.25) is 0 Å². The lowest BCUT2D eigenvalue weighted by Crippen LogP contribution is -2.38. The molecule has 0 aliphatic rings. The highest BCUT2D eigenvalue weighted by molar-refractivity contribution is 6.01. The molecule has 0 aromatic carbocycles. The Balaban J connectivity index is 2.66. The van der Waals surface area contributed by atoms with Crippen molar-refractivity contribution in [1.29, 1.82) is 0 Å². The van der Waals surface area contributed by atoms with E-state index in [1.54, 1.807) is 0 Å². The van der Waals surface area contributed by atoms with E-state index in [1.807, 2.05) is 0 Å². The van der Waals surface area contributed by atoms with E-state index in [0.29, 0.717) is 0 Å². The van der Waals surface area contributed by atoms with Gasteiger partial charge < -0.3 is 24.4 Å². The predicted molar refractivity (Wildman–Crippen MR) is 69.2 cm³/mol. The topological polar surface area (TPSA) is 122 Å². The number of nitrogens with zero attached hydrogens (tertiary/aromatic N) is 2. The van der Waals surface area contributed by atoms with Gasteiger partial charge >= 0.3 is 5.97 Å². The third kappa shape index (κ3) is 2.29. The fourth-order valence-electron chi connectivity index (χ4n) is 1.90. The normalized spacial score (nSPS) is 10.6. The number of carboxylic acid groups (broad SMARTS) is 1. The van der Waals surface area contributed by atoms with Gasteiger partial charge in [0.25, 0.3) is 11.5 Å². The van der Waals surface area contributed by atoms with Gasteiger partial charge in [0.15, 0.2) is 16.9 Å². The minimum absolute atomic E-state index is 0.108. The third-order valence-corrected chi connectivity index (χ3v) is 2.83. The molecule has 9 heteroatoms. The molecule has 9 nitrogen and oxygen atoms in total. The van der Waals surface area contributed by atoms with Crippen molar-refractivity contribution in [1.82, 2.24) is 9.63 Å². The molecule has 1 amide bonds. The Morgan fingerprint density at radius 3 is 2.71 bits per heavy atom. The summed E-state index contributed by atoms with van der Waals surface area (Å²) in [6.45, 7) is -0.624. The van der Waals surface area contributed by atoms with Gasteiger partial charge in [-0.05, 0) is 0 Å². The Kier molecular flexibility index (Phi) is 3.57. The van der Waals surface area contributed by atoms with Crippen molar-refractivity contribution in [3.8, 4) is 5.75 Å². The highest BCUT2D eigenvalue weighted by Gasteiger charge is 2.27. The molecule has 0 fully saturated rings. The summed E-state index contributed by atoms with van der Waals surface area (Å²) in [5.41, 5.74) is -1.49. The summed E-state index contributed by atoms with van der Waals surface area (Å²) in [7, 11) is 2.40. The number of aromatic hydroxyl groups is 1. The summed E-state index contributed by atoms with van der Waals surface area (Å²) >= 11 is 0. The summed E-state index contributed by atoms with van der Waals surface area (Å²) in [6, 6.07) is 1.38. The largest absolute Gasteiger partial charge is 0.503 e. The van der Waals surface area contributed by atoms with Gasteiger partial charge in [-0.3, -0.25) is 14.4 Å². The van der Waals surface area contributed by atoms with Gasteiger partial charge in [-0.1, -0.05) is 0 Å². The van der Waals surface area contributed by atoms with E-state index in [4.69, 9.17) is 14.4 Å². The van der Waals surface area contributed by atoms with Crippen molar-refractivity contribution >= 4 is 23.0 Å². The van der Waals surface area contributed by atoms with Crippen molar-refractivity contribution in [2.75, 3.05) is 20.7 Å². The number of pyridine rings is 1. The van der Waals surface area contributed by atoms with Gasteiger partial charge in [-0.2, -0.15) is 0 Å². The average Bonchev–Trinajstić information content (AvgIpc) is 2.87. The van der Waals surface area contributed by atoms with E-state index in [1.165, 1.54) is 26.5 Å². The van der Waals surface area contributed by atoms with Crippen LogP contribution < -0.4 is 10.4 Å². The average molecular weight is 296 g/mol. The first-order valence-electron chi connectivity index (χ1n) is 5.75. The number of hydrogen-bond donors (Lipinski definition) is 2. The molecule has 112 valence electrons. The summed E-state index contributed by atoms with van der Waals surface area (Å²) in [6.07, 6.45) is 1.22. The zero-order valence-electron chi connectivity index (χ0n) is 11.2. The van der Waals surface area contributed by atoms with Crippen molar-refractivity contribution < 1.29 is 29.1 Å². The molecule has 0 aliphatic heterocycles. The second kappa shape index (κ2) is 5.19. The third-order valence-electron chi connectivity index (χ3n) is 2.83. The number of carbonyl (C=O) groups excluding carboxylic acids is 1. The van der Waals surface area contributed by atoms with Crippen molar-refractivity contribution in [2.45, 2.75) is 0 Å². The SMILES string of the molecule is COn1c(=O)c(C(=O)N(C)CC(=O)O)c(O)c2occc21. The molecule has 2 heterocycles. The van der Waals surface area contributed by atoms with E-state index in [-0.39, 0.29) is 11.1 Å². The molecule has 0 spiro atoms. The highest BCUT2D eigenvalue weighted by Crippen LogP contribution is 2.27. The van der Waals surface area contributed by atoms with Crippen LogP contribution in [0, 0.1) is 0 Å². The van der Waals surface area contributed by atoms with Gasteiger partial charge in [0.1, 0.15) is 19.2 Å². The second-order valence-electron chi connectivity index (χ2n) is 4.20. The lowest BCUT2D eigenvalue weighted by molar-refractivity contribution is -0.137. The van der Waals surface area contributed by atoms with E-state index in [2.05, 4.69) is 0 Å². The Morgan fingerprint density at radius 2 is 2.14 bits per heavy atom. The molecule has 0 radical (unpaired) electrons. The van der Waals surface area contributed by atoms with Crippen LogP contribution in [0.15, 0.2) is 21.5 Å². The monoisotopic (exact) mass is 296 g/mol. The van der Waals surface area contributed by atoms with Gasteiger partial charge in [0, 0.05) is 13.1 Å². The summed E-state index contributed by atoms with van der Waals surface area (Å²) < 4.78 is 5.80. The van der Waals surface area contributed by atoms with Crippen LogP contribution in [0.4, 0.5) is 0 Å². The Hall–Kier alpha value is -2.97. The number of amides is 1. The Bertz CT molecular complexity index is 774. The molecular formula is C12H12N2O7. The fraction of sp³-hybridized carbons (Fsp3) is 0.250. The van der Waals surface area contributed by atoms with E-state index in [9.17, 15) is 19.5 Å². The molecule has 0 aliphatic carbocycles. The number of carboxylic acids is 1. The van der Waals surface area contributed by atoms with Crippen LogP contribution in [0.25, 0.3) is 11.1 Å². The Morgan fingerprint density at radius 1 is 1.48 bits per heavy atom. The number of aromatic nitrogens is 1. The molecule has 21 heavy (non-hydrogen) atoms. The second-order valence-corrected chi connectivity index (χ2v) is 4.20. The maximum Gasteiger partial charge on any atom is 0.323 e. The molecule has 2 rings (SSSR count). The zero-order chi connectivity index (χ0) is 15.7. The van der Waals surface area contributed by atoms with E-state index in [0.717, 1.165) is 9.63 Å². The van der Waals surface area contributed by atoms with Gasteiger partial charge in [0.05, 0.1) is 6.26 Å². The maximum absolute atomic E-state index is 12.2. The van der Waals surface area contributed by atoms with Crippen LogP contribution in [0.1, 0.15) is 10.4 Å². The van der Waals surface area contributed by atoms with Crippen LogP contribution in [-0.2, 0) is 4.79 Å². The number of hydrogen-bond acceptors (Lipinski definition) is 6. The quantitative estimate of drug-likeness (QED) is 0.780. The van der Waals surface area contributed by atoms with Crippen LogP contribution in [0.3, 0.4) is 0 Å². The molecule has 0 saturated carbocycles. The number of furan rings is 1. The maximum atomic E-state index is 12.2. The van der Waals surface area contributed by atoms with E-state index >= 15 is 0 Å². The first kappa shape index (κ1) is 14.4. The first-order chi connectivity index (χ1) is 9.88. The van der Waals surface area contributed by atoms with Crippen LogP contribution in [-0.4, -0.2) is 52.4 Å². The number of fused-ring (bicyclic) bond motifs is 1. The minimum atomic E-state index is -1.25. The Labute approximate surface area is 117 Å². The zero-order valence-corrected chi connectivity index (χ0v) is 11.2. The number of aliphatic carboxylic acids is 1. The van der Waals surface area contributed by atoms with Crippen LogP contribution >= 0.6 is 0 Å². The smallest absolute Gasteiger partial charge is 0.323 e. The van der Waals surface area contributed by atoms with Gasteiger partial charge in [-0.15, -0.1) is 4.73 Å². The van der Waals surface area contributed by atoms with Crippen molar-refractivity contribution in [3.05, 3.63) is 28.2 Å². The predicted octanol–water partition coefficient (Wildman–Crippen LogP) is -0.485. The lowest BCUT2D eigenvalue weighted by Gasteiger charge is -2.16. The van der Waals surface area contributed by atoms with Crippen molar-refractivity contribution in [3.63, 3.8) is 0 Å². The summed E-state index contributed by atoms with van der Waals surface area (Å²) in [5, 5.41) is 18.7. The molecule has 0 unspecified atom stereocenters. The molecule has 2 aromatic heterocycles. The van der Waals surface area contributed by atoms with Gasteiger partial charge in [0.2, 0.25) is 0 Å². The molecular weight excluding hydrogens is 284 g/mol. The molecule has 0 atom stereocenters. The fourth-order valence-corrected chi connectivity index (χ4v) is 1.90. The summed E-state index contributed by atoms with van der Waals surface area (Å²) in [4.78, 5) is 40.6. The molecule has 2 aromatic rings. The molecule has 0 saturated heterocycles. The number of rotatable bonds is 4. The molecule has 0 bridgehead atoms. The van der Waals surface area contributed by atoms with E-state index < -0.39 is 35.3 Å². The minimum Gasteiger partial charge on any atom is -0.503 e. The first-order valence-corrected chi connectivity index (χ1v) is 5.75.